The Morgan fingerprint density at radius 2 is 2.21 bits per heavy atom. The minimum Gasteiger partial charge on any atom is -0.298 e. The number of pyridine rings is 1. The number of aromatic nitrogens is 3. The molecule has 0 aliphatic rings. The number of imidazole rings is 1. The van der Waals surface area contributed by atoms with E-state index < -0.39 is 5.95 Å². The van der Waals surface area contributed by atoms with Crippen LogP contribution in [0.2, 0.25) is 0 Å². The van der Waals surface area contributed by atoms with Gasteiger partial charge in [0.15, 0.2) is 6.29 Å². The molecule has 0 bridgehead atoms. The van der Waals surface area contributed by atoms with Gasteiger partial charge in [0.1, 0.15) is 12.1 Å². The highest BCUT2D eigenvalue weighted by molar-refractivity contribution is 5.74. The molecular weight excluding hydrogens is 185 g/mol. The Balaban J connectivity index is 2.38. The van der Waals surface area contributed by atoms with Crippen LogP contribution in [0.4, 0.5) is 4.39 Å². The summed E-state index contributed by atoms with van der Waals surface area (Å²) < 4.78 is 14.0. The van der Waals surface area contributed by atoms with Crippen LogP contribution in [0.5, 0.6) is 0 Å². The summed E-state index contributed by atoms with van der Waals surface area (Å²) in [6.07, 6.45) is 4.65. The first kappa shape index (κ1) is 8.55. The second kappa shape index (κ2) is 3.37. The maximum absolute atomic E-state index is 12.5. The lowest BCUT2D eigenvalue weighted by Gasteiger charge is -1.98. The molecule has 2 heterocycles. The van der Waals surface area contributed by atoms with E-state index >= 15 is 0 Å². The van der Waals surface area contributed by atoms with Gasteiger partial charge >= 0.3 is 0 Å². The smallest absolute Gasteiger partial charge is 0.231 e. The van der Waals surface area contributed by atoms with Crippen LogP contribution in [0.15, 0.2) is 30.9 Å². The van der Waals surface area contributed by atoms with Crippen LogP contribution in [0, 0.1) is 5.95 Å². The highest BCUT2D eigenvalue weighted by atomic mass is 19.1. The largest absolute Gasteiger partial charge is 0.298 e. The summed E-state index contributed by atoms with van der Waals surface area (Å²) in [6.45, 7) is 0. The van der Waals surface area contributed by atoms with E-state index in [-0.39, 0.29) is 0 Å². The highest BCUT2D eigenvalue weighted by Crippen LogP contribution is 2.05. The van der Waals surface area contributed by atoms with Crippen molar-refractivity contribution in [3.05, 3.63) is 42.4 Å². The summed E-state index contributed by atoms with van der Waals surface area (Å²) in [5.41, 5.74) is 0.481. The number of hydrogen-bond acceptors (Lipinski definition) is 3. The lowest BCUT2D eigenvalue weighted by atomic mass is 10.3. The molecule has 2 aromatic rings. The number of carbonyl (C=O) groups excluding carboxylic acids is 1. The number of carbonyl (C=O) groups is 1. The summed E-state index contributed by atoms with van der Waals surface area (Å²) in [5, 5.41) is 0. The standard InChI is InChI=1S/C9H6FN3O/c10-8-4-13(6-12-8)9-2-1-7(5-14)3-11-9/h1-6H. The summed E-state index contributed by atoms with van der Waals surface area (Å²) in [4.78, 5) is 17.7. The minimum absolute atomic E-state index is 0.481. The van der Waals surface area contributed by atoms with Crippen LogP contribution >= 0.6 is 0 Å². The fourth-order valence-electron chi connectivity index (χ4n) is 1.04. The van der Waals surface area contributed by atoms with E-state index in [4.69, 9.17) is 0 Å². The molecule has 0 saturated carbocycles. The first-order valence-electron chi connectivity index (χ1n) is 3.91. The highest BCUT2D eigenvalue weighted by Gasteiger charge is 2.00. The van der Waals surface area contributed by atoms with E-state index in [2.05, 4.69) is 9.97 Å². The quantitative estimate of drug-likeness (QED) is 0.670. The maximum atomic E-state index is 12.5. The Kier molecular flexibility index (Phi) is 2.06. The van der Waals surface area contributed by atoms with E-state index in [1.165, 1.54) is 23.3 Å². The molecule has 0 aliphatic heterocycles. The molecule has 0 aromatic carbocycles. The average Bonchev–Trinajstić information content (AvgIpc) is 2.65. The normalized spacial score (nSPS) is 10.1. The van der Waals surface area contributed by atoms with Crippen LogP contribution in [-0.2, 0) is 0 Å². The third-order valence-electron chi connectivity index (χ3n) is 1.72. The van der Waals surface area contributed by atoms with Gasteiger partial charge < -0.3 is 0 Å². The molecule has 0 amide bonds. The van der Waals surface area contributed by atoms with Gasteiger partial charge in [-0.1, -0.05) is 0 Å². The summed E-state index contributed by atoms with van der Waals surface area (Å²) in [7, 11) is 0. The van der Waals surface area contributed by atoms with Gasteiger partial charge in [0.2, 0.25) is 5.95 Å². The van der Waals surface area contributed by atoms with Crippen LogP contribution in [-0.4, -0.2) is 20.8 Å². The third-order valence-corrected chi connectivity index (χ3v) is 1.72. The van der Waals surface area contributed by atoms with Crippen molar-refractivity contribution in [2.45, 2.75) is 0 Å². The summed E-state index contributed by atoms with van der Waals surface area (Å²) in [6, 6.07) is 3.22. The fourth-order valence-corrected chi connectivity index (χ4v) is 1.04. The predicted octanol–water partition coefficient (Wildman–Crippen LogP) is 1.22. The van der Waals surface area contributed by atoms with Crippen LogP contribution in [0.25, 0.3) is 5.82 Å². The van der Waals surface area contributed by atoms with Gasteiger partial charge in [-0.2, -0.15) is 4.39 Å². The van der Waals surface area contributed by atoms with Gasteiger partial charge in [-0.05, 0) is 12.1 Å². The average molecular weight is 191 g/mol. The molecule has 0 atom stereocenters. The second-order valence-electron chi connectivity index (χ2n) is 2.67. The van der Waals surface area contributed by atoms with Crippen molar-refractivity contribution in [3.8, 4) is 5.82 Å². The molecule has 5 heteroatoms. The molecule has 70 valence electrons. The molecule has 0 unspecified atom stereocenters. The Hall–Kier alpha value is -2.04. The molecule has 0 spiro atoms. The molecule has 0 aliphatic carbocycles. The number of halogens is 1. The first-order chi connectivity index (χ1) is 6.79. The SMILES string of the molecule is O=Cc1ccc(-n2cnc(F)c2)nc1. The van der Waals surface area contributed by atoms with Crippen molar-refractivity contribution in [3.63, 3.8) is 0 Å². The molecule has 0 saturated heterocycles. The van der Waals surface area contributed by atoms with Crippen molar-refractivity contribution in [2.75, 3.05) is 0 Å². The zero-order valence-electron chi connectivity index (χ0n) is 7.09. The Morgan fingerprint density at radius 3 is 2.71 bits per heavy atom. The molecule has 0 radical (unpaired) electrons. The zero-order valence-corrected chi connectivity index (χ0v) is 7.09. The van der Waals surface area contributed by atoms with Crippen molar-refractivity contribution in [1.82, 2.24) is 14.5 Å². The van der Waals surface area contributed by atoms with Gasteiger partial charge in [0.25, 0.3) is 0 Å². The minimum atomic E-state index is -0.564. The van der Waals surface area contributed by atoms with Gasteiger partial charge in [0.05, 0.1) is 6.20 Å². The van der Waals surface area contributed by atoms with Gasteiger partial charge in [-0.3, -0.25) is 9.36 Å². The zero-order chi connectivity index (χ0) is 9.97. The van der Waals surface area contributed by atoms with Gasteiger partial charge in [0, 0.05) is 11.8 Å². The Labute approximate surface area is 79.0 Å². The molecule has 0 fully saturated rings. The molecule has 4 nitrogen and oxygen atoms in total. The number of rotatable bonds is 2. The van der Waals surface area contributed by atoms with E-state index in [0.29, 0.717) is 17.7 Å². The maximum Gasteiger partial charge on any atom is 0.231 e. The Bertz CT molecular complexity index is 449. The Morgan fingerprint density at radius 1 is 1.36 bits per heavy atom. The number of aldehydes is 1. The van der Waals surface area contributed by atoms with E-state index in [1.54, 1.807) is 12.1 Å². The lowest BCUT2D eigenvalue weighted by molar-refractivity contribution is 0.112. The second-order valence-corrected chi connectivity index (χ2v) is 2.67. The predicted molar refractivity (Wildman–Crippen MR) is 46.7 cm³/mol. The fraction of sp³-hybridized carbons (Fsp3) is 0. The topological polar surface area (TPSA) is 47.8 Å². The number of hydrogen-bond donors (Lipinski definition) is 0. The number of nitrogens with zero attached hydrogens (tertiary/aromatic N) is 3. The molecule has 14 heavy (non-hydrogen) atoms. The van der Waals surface area contributed by atoms with Crippen LogP contribution in [0.3, 0.4) is 0 Å². The lowest BCUT2D eigenvalue weighted by Crippen LogP contribution is -1.94. The van der Waals surface area contributed by atoms with Crippen LogP contribution in [0.1, 0.15) is 10.4 Å². The third kappa shape index (κ3) is 1.52. The molecular formula is C9H6FN3O. The van der Waals surface area contributed by atoms with Crippen molar-refractivity contribution < 1.29 is 9.18 Å². The monoisotopic (exact) mass is 191 g/mol. The van der Waals surface area contributed by atoms with Crippen molar-refractivity contribution in [1.29, 1.82) is 0 Å². The van der Waals surface area contributed by atoms with Gasteiger partial charge in [-0.25, -0.2) is 9.97 Å². The van der Waals surface area contributed by atoms with E-state index in [9.17, 15) is 9.18 Å². The molecule has 0 N–H and O–H groups in total. The summed E-state index contributed by atoms with van der Waals surface area (Å²) >= 11 is 0. The first-order valence-corrected chi connectivity index (χ1v) is 3.91. The van der Waals surface area contributed by atoms with Crippen LogP contribution < -0.4 is 0 Å². The summed E-state index contributed by atoms with van der Waals surface area (Å²) in [5.74, 6) is -0.0433. The van der Waals surface area contributed by atoms with Crippen molar-refractivity contribution in [2.24, 2.45) is 0 Å². The van der Waals surface area contributed by atoms with E-state index in [1.807, 2.05) is 0 Å². The molecule has 2 rings (SSSR count). The van der Waals surface area contributed by atoms with Crippen molar-refractivity contribution >= 4 is 6.29 Å². The van der Waals surface area contributed by atoms with E-state index in [0.717, 1.165) is 0 Å². The molecule has 2 aromatic heterocycles. The van der Waals surface area contributed by atoms with Gasteiger partial charge in [-0.15, -0.1) is 0 Å².